The van der Waals surface area contributed by atoms with Crippen molar-refractivity contribution in [1.29, 1.82) is 0 Å². The van der Waals surface area contributed by atoms with Crippen molar-refractivity contribution in [2.75, 3.05) is 11.6 Å². The van der Waals surface area contributed by atoms with Gasteiger partial charge in [0, 0.05) is 0 Å². The van der Waals surface area contributed by atoms with Crippen molar-refractivity contribution < 1.29 is 9.52 Å². The van der Waals surface area contributed by atoms with E-state index in [4.69, 9.17) is 15.4 Å². The highest BCUT2D eigenvalue weighted by molar-refractivity contribution is 6.14. The summed E-state index contributed by atoms with van der Waals surface area (Å²) in [6, 6.07) is 3.54. The summed E-state index contributed by atoms with van der Waals surface area (Å²) in [5.74, 6) is 7.46. The molecule has 1 unspecified atom stereocenters. The normalized spacial score (nSPS) is 17.6. The number of rotatable bonds is 3. The maximum atomic E-state index is 12.0. The van der Waals surface area contributed by atoms with Crippen molar-refractivity contribution in [3.8, 4) is 0 Å². The van der Waals surface area contributed by atoms with Crippen LogP contribution in [0.1, 0.15) is 18.4 Å². The van der Waals surface area contributed by atoms with Crippen molar-refractivity contribution in [1.82, 2.24) is 19.2 Å². The molecule has 0 spiro atoms. The number of nitrogens with one attached hydrogen (secondary N) is 1. The molecule has 0 saturated heterocycles. The average molecular weight is 317 g/mol. The number of nitrogens with two attached hydrogens (primary N) is 1. The van der Waals surface area contributed by atoms with Crippen LogP contribution >= 0.6 is 0 Å². The molecule has 0 aliphatic carbocycles. The SMILES string of the molecule is CC1N=C(c2ccco2)c2c(nc3n(CCO)c(=O)[nH]n23)N1N. The Kier molecular flexibility index (Phi) is 2.89. The molecule has 1 aliphatic heterocycles. The van der Waals surface area contributed by atoms with E-state index in [1.807, 2.05) is 6.92 Å². The molecule has 0 bridgehead atoms. The van der Waals surface area contributed by atoms with Crippen LogP contribution < -0.4 is 16.5 Å². The second-order valence-electron chi connectivity index (χ2n) is 5.21. The van der Waals surface area contributed by atoms with Crippen molar-refractivity contribution in [3.05, 3.63) is 40.3 Å². The summed E-state index contributed by atoms with van der Waals surface area (Å²) in [5.41, 5.74) is 0.735. The molecule has 4 N–H and O–H groups in total. The Morgan fingerprint density at radius 1 is 1.52 bits per heavy atom. The molecular weight excluding hydrogens is 302 g/mol. The fraction of sp³-hybridized carbons (Fsp3) is 0.308. The molecule has 1 aliphatic rings. The van der Waals surface area contributed by atoms with E-state index >= 15 is 0 Å². The number of hydrogen-bond acceptors (Lipinski definition) is 7. The van der Waals surface area contributed by atoms with E-state index < -0.39 is 0 Å². The van der Waals surface area contributed by atoms with Crippen molar-refractivity contribution in [3.63, 3.8) is 0 Å². The van der Waals surface area contributed by atoms with Crippen LogP contribution in [0.15, 0.2) is 32.6 Å². The van der Waals surface area contributed by atoms with Crippen molar-refractivity contribution in [2.45, 2.75) is 19.6 Å². The van der Waals surface area contributed by atoms with E-state index in [-0.39, 0.29) is 25.0 Å². The fourth-order valence-electron chi connectivity index (χ4n) is 2.71. The number of aliphatic imine (C=N–C) groups is 1. The molecule has 3 aromatic rings. The van der Waals surface area contributed by atoms with Gasteiger partial charge >= 0.3 is 5.69 Å². The first-order valence-corrected chi connectivity index (χ1v) is 7.10. The van der Waals surface area contributed by atoms with Gasteiger partial charge in [-0.3, -0.25) is 14.6 Å². The largest absolute Gasteiger partial charge is 0.463 e. The molecule has 0 fully saturated rings. The van der Waals surface area contributed by atoms with Crippen LogP contribution in [-0.4, -0.2) is 42.8 Å². The Labute approximate surface area is 129 Å². The second kappa shape index (κ2) is 4.83. The zero-order chi connectivity index (χ0) is 16.1. The highest BCUT2D eigenvalue weighted by Gasteiger charge is 2.32. The van der Waals surface area contributed by atoms with Gasteiger partial charge in [-0.05, 0) is 19.1 Å². The van der Waals surface area contributed by atoms with Gasteiger partial charge in [0.2, 0.25) is 5.78 Å². The Hall–Kier alpha value is -2.85. The van der Waals surface area contributed by atoms with Gasteiger partial charge in [-0.15, -0.1) is 0 Å². The van der Waals surface area contributed by atoms with Crippen LogP contribution in [0.3, 0.4) is 0 Å². The predicted molar refractivity (Wildman–Crippen MR) is 81.4 cm³/mol. The monoisotopic (exact) mass is 317 g/mol. The Bertz CT molecular complexity index is 946. The van der Waals surface area contributed by atoms with E-state index in [1.54, 1.807) is 18.4 Å². The maximum absolute atomic E-state index is 12.0. The van der Waals surface area contributed by atoms with E-state index in [1.165, 1.54) is 14.1 Å². The molecule has 0 saturated carbocycles. The van der Waals surface area contributed by atoms with E-state index in [2.05, 4.69) is 15.1 Å². The number of nitrogens with zero attached hydrogens (tertiary/aromatic N) is 5. The number of aliphatic hydroxyl groups is 1. The first kappa shape index (κ1) is 13.8. The summed E-state index contributed by atoms with van der Waals surface area (Å²) in [6.45, 7) is 1.79. The van der Waals surface area contributed by atoms with Crippen molar-refractivity contribution in [2.24, 2.45) is 10.8 Å². The molecule has 0 radical (unpaired) electrons. The summed E-state index contributed by atoms with van der Waals surface area (Å²) in [4.78, 5) is 21.0. The minimum absolute atomic E-state index is 0.134. The van der Waals surface area contributed by atoms with Gasteiger partial charge in [0.1, 0.15) is 17.6 Å². The van der Waals surface area contributed by atoms with Gasteiger partial charge in [0.15, 0.2) is 11.6 Å². The molecule has 0 amide bonds. The fourth-order valence-corrected chi connectivity index (χ4v) is 2.71. The molecule has 10 heteroatoms. The van der Waals surface area contributed by atoms with Gasteiger partial charge < -0.3 is 9.52 Å². The standard InChI is InChI=1S/C13H15N7O3/c1-7-15-9(8-3-2-6-23-8)10-11(19(7)14)16-12-18(4-5-21)13(22)17-20(10)12/h2-3,6-7,21H,4-5,14H2,1H3,(H,17,22). The number of anilines is 1. The van der Waals surface area contributed by atoms with Crippen LogP contribution in [-0.2, 0) is 6.54 Å². The molecule has 120 valence electrons. The molecule has 1 atom stereocenters. The third-order valence-electron chi connectivity index (χ3n) is 3.80. The Morgan fingerprint density at radius 3 is 3.04 bits per heavy atom. The quantitative estimate of drug-likeness (QED) is 0.547. The predicted octanol–water partition coefficient (Wildman–Crippen LogP) is -0.713. The number of fused-ring (bicyclic) bond motifs is 3. The highest BCUT2D eigenvalue weighted by Crippen LogP contribution is 2.28. The lowest BCUT2D eigenvalue weighted by Gasteiger charge is -2.26. The van der Waals surface area contributed by atoms with E-state index in [0.717, 1.165) is 0 Å². The lowest BCUT2D eigenvalue weighted by Crippen LogP contribution is -2.43. The lowest BCUT2D eigenvalue weighted by molar-refractivity contribution is 0.276. The third-order valence-corrected chi connectivity index (χ3v) is 3.80. The minimum atomic E-state index is -0.370. The number of furan rings is 1. The Balaban J connectivity index is 2.02. The van der Waals surface area contributed by atoms with Gasteiger partial charge in [-0.1, -0.05) is 0 Å². The van der Waals surface area contributed by atoms with Crippen LogP contribution in [0, 0.1) is 0 Å². The zero-order valence-electron chi connectivity index (χ0n) is 12.3. The second-order valence-corrected chi connectivity index (χ2v) is 5.21. The number of hydrazine groups is 1. The molecule has 0 aromatic carbocycles. The Morgan fingerprint density at radius 2 is 2.35 bits per heavy atom. The van der Waals surface area contributed by atoms with Gasteiger partial charge in [0.05, 0.1) is 19.4 Å². The number of aliphatic hydroxyl groups excluding tert-OH is 1. The molecule has 4 rings (SSSR count). The number of aromatic amines is 1. The van der Waals surface area contributed by atoms with Gasteiger partial charge in [-0.2, -0.15) is 4.98 Å². The molecular formula is C13H15N7O3. The number of imidazole rings is 1. The lowest BCUT2D eigenvalue weighted by atomic mass is 10.1. The van der Waals surface area contributed by atoms with Crippen LogP contribution in [0.2, 0.25) is 0 Å². The van der Waals surface area contributed by atoms with E-state index in [0.29, 0.717) is 28.8 Å². The first-order chi connectivity index (χ1) is 11.1. The van der Waals surface area contributed by atoms with Crippen LogP contribution in [0.5, 0.6) is 0 Å². The summed E-state index contributed by atoms with van der Waals surface area (Å²) < 4.78 is 8.30. The summed E-state index contributed by atoms with van der Waals surface area (Å²) in [6.07, 6.45) is 1.22. The number of H-pyrrole nitrogens is 1. The first-order valence-electron chi connectivity index (χ1n) is 7.10. The highest BCUT2D eigenvalue weighted by atomic mass is 16.3. The summed E-state index contributed by atoms with van der Waals surface area (Å²) in [5, 5.41) is 13.3. The van der Waals surface area contributed by atoms with Gasteiger partial charge in [-0.25, -0.2) is 20.3 Å². The molecule has 4 heterocycles. The average Bonchev–Trinajstić information content (AvgIpc) is 3.22. The number of hydrogen-bond donors (Lipinski definition) is 3. The smallest absolute Gasteiger partial charge is 0.343 e. The summed E-state index contributed by atoms with van der Waals surface area (Å²) >= 11 is 0. The van der Waals surface area contributed by atoms with Gasteiger partial charge in [0.25, 0.3) is 0 Å². The third kappa shape index (κ3) is 1.85. The maximum Gasteiger partial charge on any atom is 0.343 e. The van der Waals surface area contributed by atoms with Crippen molar-refractivity contribution >= 4 is 17.3 Å². The van der Waals surface area contributed by atoms with E-state index in [9.17, 15) is 4.79 Å². The minimum Gasteiger partial charge on any atom is -0.463 e. The summed E-state index contributed by atoms with van der Waals surface area (Å²) in [7, 11) is 0. The number of aromatic nitrogens is 4. The molecule has 3 aromatic heterocycles. The zero-order valence-corrected chi connectivity index (χ0v) is 12.3. The molecule has 23 heavy (non-hydrogen) atoms. The van der Waals surface area contributed by atoms with Crippen LogP contribution in [0.4, 0.5) is 5.82 Å². The topological polar surface area (TPSA) is 130 Å². The molecule has 10 nitrogen and oxygen atoms in total. The van der Waals surface area contributed by atoms with Crippen LogP contribution in [0.25, 0.3) is 5.78 Å².